The number of alkyl halides is 3. The Kier molecular flexibility index (Phi) is 5.32. The molecular formula is C14H19ClF3N3. The largest absolute Gasteiger partial charge is 0.417 e. The predicted octanol–water partition coefficient (Wildman–Crippen LogP) is 3.58. The average Bonchev–Trinajstić information content (AvgIpc) is 2.44. The highest BCUT2D eigenvalue weighted by atomic mass is 35.5. The number of pyridine rings is 1. The third-order valence-corrected chi connectivity index (χ3v) is 3.93. The summed E-state index contributed by atoms with van der Waals surface area (Å²) in [6, 6.07) is 0.956. The lowest BCUT2D eigenvalue weighted by Gasteiger charge is -2.34. The molecule has 0 amide bonds. The van der Waals surface area contributed by atoms with Gasteiger partial charge in [0.25, 0.3) is 0 Å². The van der Waals surface area contributed by atoms with Gasteiger partial charge in [-0.1, -0.05) is 18.5 Å². The summed E-state index contributed by atoms with van der Waals surface area (Å²) in [5.41, 5.74) is -0.808. The number of piperidine rings is 1. The first-order valence-corrected chi connectivity index (χ1v) is 7.48. The van der Waals surface area contributed by atoms with Crippen LogP contribution in [0.3, 0.4) is 0 Å². The van der Waals surface area contributed by atoms with Crippen LogP contribution >= 0.6 is 11.6 Å². The van der Waals surface area contributed by atoms with Gasteiger partial charge < -0.3 is 10.2 Å². The Hall–Kier alpha value is -1.01. The number of nitrogens with one attached hydrogen (secondary N) is 1. The van der Waals surface area contributed by atoms with Crippen LogP contribution in [0.1, 0.15) is 25.3 Å². The molecule has 7 heteroatoms. The molecule has 0 radical (unpaired) electrons. The molecule has 1 aliphatic heterocycles. The van der Waals surface area contributed by atoms with Crippen molar-refractivity contribution in [2.75, 3.05) is 31.1 Å². The number of anilines is 1. The van der Waals surface area contributed by atoms with Crippen LogP contribution in [-0.4, -0.2) is 31.2 Å². The molecule has 1 N–H and O–H groups in total. The second-order valence-corrected chi connectivity index (χ2v) is 5.70. The number of halogens is 4. The van der Waals surface area contributed by atoms with Gasteiger partial charge in [0, 0.05) is 19.3 Å². The number of hydrogen-bond acceptors (Lipinski definition) is 3. The fraction of sp³-hybridized carbons (Fsp3) is 0.643. The lowest BCUT2D eigenvalue weighted by molar-refractivity contribution is -0.137. The first-order chi connectivity index (χ1) is 9.91. The standard InChI is InChI=1S/C14H19ClF3N3/c1-2-19-7-10-4-3-5-21(9-10)13-12(15)6-11(8-20-13)14(16,17)18/h6,8,10,19H,2-5,7,9H2,1H3. The van der Waals surface area contributed by atoms with E-state index in [1.54, 1.807) is 0 Å². The zero-order valence-electron chi connectivity index (χ0n) is 11.9. The minimum atomic E-state index is -4.41. The maximum Gasteiger partial charge on any atom is 0.417 e. The van der Waals surface area contributed by atoms with Crippen molar-refractivity contribution in [1.82, 2.24) is 10.3 Å². The molecule has 1 aromatic heterocycles. The molecule has 1 aromatic rings. The zero-order valence-corrected chi connectivity index (χ0v) is 12.6. The van der Waals surface area contributed by atoms with E-state index in [4.69, 9.17) is 11.6 Å². The van der Waals surface area contributed by atoms with Crippen molar-refractivity contribution >= 4 is 17.4 Å². The Labute approximate surface area is 127 Å². The Morgan fingerprint density at radius 3 is 2.86 bits per heavy atom. The number of nitrogens with zero attached hydrogens (tertiary/aromatic N) is 2. The van der Waals surface area contributed by atoms with Crippen LogP contribution in [0.25, 0.3) is 0 Å². The molecule has 118 valence electrons. The molecule has 2 rings (SSSR count). The van der Waals surface area contributed by atoms with Crippen LogP contribution in [0.2, 0.25) is 5.02 Å². The van der Waals surface area contributed by atoms with Crippen molar-refractivity contribution in [3.63, 3.8) is 0 Å². The fourth-order valence-electron chi connectivity index (χ4n) is 2.59. The molecule has 2 heterocycles. The van der Waals surface area contributed by atoms with Crippen LogP contribution in [0.4, 0.5) is 19.0 Å². The third kappa shape index (κ3) is 4.23. The third-order valence-electron chi connectivity index (χ3n) is 3.65. The fourth-order valence-corrected chi connectivity index (χ4v) is 2.88. The van der Waals surface area contributed by atoms with Crippen LogP contribution in [0.5, 0.6) is 0 Å². The summed E-state index contributed by atoms with van der Waals surface area (Å²) in [6.45, 7) is 5.42. The Balaban J connectivity index is 2.10. The maximum absolute atomic E-state index is 12.6. The van der Waals surface area contributed by atoms with Crippen molar-refractivity contribution in [2.45, 2.75) is 25.9 Å². The highest BCUT2D eigenvalue weighted by molar-refractivity contribution is 6.33. The van der Waals surface area contributed by atoms with E-state index in [9.17, 15) is 13.2 Å². The van der Waals surface area contributed by atoms with Crippen molar-refractivity contribution in [3.8, 4) is 0 Å². The molecule has 0 saturated carbocycles. The van der Waals surface area contributed by atoms with Gasteiger partial charge in [0.1, 0.15) is 5.82 Å². The van der Waals surface area contributed by atoms with Crippen LogP contribution in [-0.2, 0) is 6.18 Å². The quantitative estimate of drug-likeness (QED) is 0.918. The van der Waals surface area contributed by atoms with E-state index in [1.807, 2.05) is 4.90 Å². The van der Waals surface area contributed by atoms with Gasteiger partial charge in [-0.25, -0.2) is 4.98 Å². The molecule has 3 nitrogen and oxygen atoms in total. The van der Waals surface area contributed by atoms with E-state index in [2.05, 4.69) is 17.2 Å². The minimum absolute atomic E-state index is 0.0638. The normalized spacial score (nSPS) is 19.9. The smallest absolute Gasteiger partial charge is 0.355 e. The van der Waals surface area contributed by atoms with Crippen molar-refractivity contribution in [1.29, 1.82) is 0 Å². The molecule has 0 aromatic carbocycles. The minimum Gasteiger partial charge on any atom is -0.355 e. The van der Waals surface area contributed by atoms with Crippen molar-refractivity contribution in [3.05, 3.63) is 22.8 Å². The Morgan fingerprint density at radius 1 is 1.48 bits per heavy atom. The molecular weight excluding hydrogens is 303 g/mol. The molecule has 0 spiro atoms. The van der Waals surface area contributed by atoms with Crippen LogP contribution in [0, 0.1) is 5.92 Å². The Bertz CT molecular complexity index is 479. The molecule has 1 saturated heterocycles. The highest BCUT2D eigenvalue weighted by Crippen LogP contribution is 2.34. The number of rotatable bonds is 4. The molecule has 0 aliphatic carbocycles. The first kappa shape index (κ1) is 16.4. The van der Waals surface area contributed by atoms with Gasteiger partial charge in [-0.05, 0) is 37.9 Å². The lowest BCUT2D eigenvalue weighted by atomic mass is 9.98. The summed E-state index contributed by atoms with van der Waals surface area (Å²) in [5.74, 6) is 0.921. The highest BCUT2D eigenvalue weighted by Gasteiger charge is 2.32. The maximum atomic E-state index is 12.6. The van der Waals surface area contributed by atoms with Crippen molar-refractivity contribution in [2.24, 2.45) is 5.92 Å². The van der Waals surface area contributed by atoms with Gasteiger partial charge >= 0.3 is 6.18 Å². The van der Waals surface area contributed by atoms with E-state index in [-0.39, 0.29) is 5.02 Å². The van der Waals surface area contributed by atoms with E-state index in [0.717, 1.165) is 51.3 Å². The number of hydrogen-bond donors (Lipinski definition) is 1. The summed E-state index contributed by atoms with van der Waals surface area (Å²) in [6.07, 6.45) is -1.45. The molecule has 21 heavy (non-hydrogen) atoms. The van der Waals surface area contributed by atoms with Gasteiger partial charge in [0.05, 0.1) is 10.6 Å². The second kappa shape index (κ2) is 6.83. The van der Waals surface area contributed by atoms with E-state index in [1.165, 1.54) is 0 Å². The number of aromatic nitrogens is 1. The van der Waals surface area contributed by atoms with Gasteiger partial charge in [-0.3, -0.25) is 0 Å². The van der Waals surface area contributed by atoms with Gasteiger partial charge in [0.2, 0.25) is 0 Å². The zero-order chi connectivity index (χ0) is 15.5. The molecule has 1 fully saturated rings. The first-order valence-electron chi connectivity index (χ1n) is 7.10. The van der Waals surface area contributed by atoms with E-state index >= 15 is 0 Å². The average molecular weight is 322 g/mol. The molecule has 0 bridgehead atoms. The molecule has 1 atom stereocenters. The lowest BCUT2D eigenvalue weighted by Crippen LogP contribution is -2.40. The van der Waals surface area contributed by atoms with E-state index < -0.39 is 11.7 Å². The van der Waals surface area contributed by atoms with E-state index in [0.29, 0.717) is 11.7 Å². The summed E-state index contributed by atoms with van der Waals surface area (Å²) >= 11 is 6.00. The summed E-state index contributed by atoms with van der Waals surface area (Å²) in [4.78, 5) is 5.92. The molecule has 1 aliphatic rings. The Morgan fingerprint density at radius 2 is 2.24 bits per heavy atom. The predicted molar refractivity (Wildman–Crippen MR) is 77.7 cm³/mol. The SMILES string of the molecule is CCNCC1CCCN(c2ncc(C(F)(F)F)cc2Cl)C1. The monoisotopic (exact) mass is 321 g/mol. The topological polar surface area (TPSA) is 28.2 Å². The summed E-state index contributed by atoms with van der Waals surface area (Å²) < 4.78 is 37.9. The summed E-state index contributed by atoms with van der Waals surface area (Å²) in [5, 5.41) is 3.37. The second-order valence-electron chi connectivity index (χ2n) is 5.29. The molecule has 1 unspecified atom stereocenters. The van der Waals surface area contributed by atoms with Gasteiger partial charge in [0.15, 0.2) is 0 Å². The van der Waals surface area contributed by atoms with Crippen LogP contribution < -0.4 is 10.2 Å². The van der Waals surface area contributed by atoms with Crippen LogP contribution in [0.15, 0.2) is 12.3 Å². The van der Waals surface area contributed by atoms with Gasteiger partial charge in [-0.2, -0.15) is 13.2 Å². The summed E-state index contributed by atoms with van der Waals surface area (Å²) in [7, 11) is 0. The van der Waals surface area contributed by atoms with Crippen molar-refractivity contribution < 1.29 is 13.2 Å². The van der Waals surface area contributed by atoms with Gasteiger partial charge in [-0.15, -0.1) is 0 Å².